The first-order valence-corrected chi connectivity index (χ1v) is 5.80. The van der Waals surface area contributed by atoms with Crippen molar-refractivity contribution in [1.82, 2.24) is 0 Å². The van der Waals surface area contributed by atoms with Gasteiger partial charge in [-0.1, -0.05) is 26.8 Å². The molecular formula is C13H21NO. The normalized spacial score (nSPS) is 27.7. The molecule has 84 valence electrons. The number of dihydropyridines is 1. The summed E-state index contributed by atoms with van der Waals surface area (Å²) in [6, 6.07) is 0. The molecule has 2 rings (SSSR count). The van der Waals surface area contributed by atoms with E-state index in [0.717, 1.165) is 12.2 Å². The van der Waals surface area contributed by atoms with Crippen LogP contribution in [-0.4, -0.2) is 12.4 Å². The summed E-state index contributed by atoms with van der Waals surface area (Å²) in [5.74, 6) is 1.47. The maximum absolute atomic E-state index is 5.65. The van der Waals surface area contributed by atoms with Crippen LogP contribution < -0.4 is 0 Å². The minimum absolute atomic E-state index is 0.0265. The highest BCUT2D eigenvalue weighted by Gasteiger charge is 2.33. The number of fused-ring (bicyclic) bond motifs is 1. The average Bonchev–Trinajstić information content (AvgIpc) is 2.56. The number of ether oxygens (including phenoxy) is 1. The van der Waals surface area contributed by atoms with Gasteiger partial charge < -0.3 is 4.74 Å². The molecule has 0 amide bonds. The van der Waals surface area contributed by atoms with Crippen molar-refractivity contribution < 1.29 is 4.74 Å². The molecule has 2 heterocycles. The van der Waals surface area contributed by atoms with Crippen LogP contribution >= 0.6 is 0 Å². The highest BCUT2D eigenvalue weighted by atomic mass is 16.5. The zero-order valence-corrected chi connectivity index (χ0v) is 10.4. The third-order valence-corrected chi connectivity index (χ3v) is 2.71. The van der Waals surface area contributed by atoms with E-state index in [2.05, 4.69) is 24.9 Å². The summed E-state index contributed by atoms with van der Waals surface area (Å²) in [4.78, 5) is 4.36. The van der Waals surface area contributed by atoms with E-state index in [1.165, 1.54) is 11.1 Å². The second kappa shape index (κ2) is 5.15. The number of aliphatic imine (C=N–C) groups is 1. The van der Waals surface area contributed by atoms with Gasteiger partial charge in [-0.05, 0) is 31.4 Å². The summed E-state index contributed by atoms with van der Waals surface area (Å²) in [7, 11) is 0. The van der Waals surface area contributed by atoms with Gasteiger partial charge in [0.05, 0.1) is 11.7 Å². The predicted octanol–water partition coefficient (Wildman–Crippen LogP) is 3.70. The van der Waals surface area contributed by atoms with Crippen LogP contribution in [0.1, 0.15) is 41.0 Å². The molecule has 0 N–H and O–H groups in total. The van der Waals surface area contributed by atoms with E-state index >= 15 is 0 Å². The summed E-state index contributed by atoms with van der Waals surface area (Å²) >= 11 is 0. The van der Waals surface area contributed by atoms with Gasteiger partial charge in [-0.15, -0.1) is 0 Å². The Bertz CT molecular complexity index is 312. The molecule has 0 aliphatic carbocycles. The number of nitrogens with zero attached hydrogens (tertiary/aromatic N) is 1. The molecule has 0 aromatic heterocycles. The summed E-state index contributed by atoms with van der Waals surface area (Å²) in [6.07, 6.45) is 5.24. The van der Waals surface area contributed by atoms with E-state index in [-0.39, 0.29) is 6.23 Å². The van der Waals surface area contributed by atoms with Gasteiger partial charge in [0.25, 0.3) is 0 Å². The lowest BCUT2D eigenvalue weighted by molar-refractivity contribution is 0.133. The van der Waals surface area contributed by atoms with Gasteiger partial charge >= 0.3 is 0 Å². The molecule has 2 heteroatoms. The molecule has 0 saturated heterocycles. The molecule has 2 unspecified atom stereocenters. The summed E-state index contributed by atoms with van der Waals surface area (Å²) in [5, 5.41) is 0. The molecule has 15 heavy (non-hydrogen) atoms. The van der Waals surface area contributed by atoms with Crippen molar-refractivity contribution >= 4 is 6.21 Å². The zero-order valence-electron chi connectivity index (χ0n) is 10.4. The Morgan fingerprint density at radius 1 is 1.33 bits per heavy atom. The van der Waals surface area contributed by atoms with E-state index < -0.39 is 0 Å². The smallest absolute Gasteiger partial charge is 0.199 e. The SMILES string of the molecule is CC.CCC1=C(C)OC2N=CC(C)=CC12. The fourth-order valence-electron chi connectivity index (χ4n) is 2.04. The Hall–Kier alpha value is -1.05. The Labute approximate surface area is 92.7 Å². The lowest BCUT2D eigenvalue weighted by atomic mass is 9.93. The first kappa shape index (κ1) is 12.0. The Morgan fingerprint density at radius 3 is 2.60 bits per heavy atom. The van der Waals surface area contributed by atoms with Crippen LogP contribution in [0.15, 0.2) is 28.0 Å². The quantitative estimate of drug-likeness (QED) is 0.642. The predicted molar refractivity (Wildman–Crippen MR) is 65.0 cm³/mol. The van der Waals surface area contributed by atoms with E-state index in [4.69, 9.17) is 4.74 Å². The van der Waals surface area contributed by atoms with Gasteiger partial charge in [-0.25, -0.2) is 4.99 Å². The van der Waals surface area contributed by atoms with Gasteiger partial charge in [0.2, 0.25) is 0 Å². The fraction of sp³-hybridized carbons (Fsp3) is 0.615. The van der Waals surface area contributed by atoms with Crippen LogP contribution in [0, 0.1) is 5.92 Å². The highest BCUT2D eigenvalue weighted by Crippen LogP contribution is 2.36. The van der Waals surface area contributed by atoms with Crippen molar-refractivity contribution in [1.29, 1.82) is 0 Å². The Morgan fingerprint density at radius 2 is 2.00 bits per heavy atom. The number of hydrogen-bond acceptors (Lipinski definition) is 2. The first-order valence-electron chi connectivity index (χ1n) is 5.80. The molecule has 0 saturated carbocycles. The molecule has 2 atom stereocenters. The molecule has 0 bridgehead atoms. The van der Waals surface area contributed by atoms with Crippen molar-refractivity contribution in [3.8, 4) is 0 Å². The Balaban J connectivity index is 0.000000531. The lowest BCUT2D eigenvalue weighted by Gasteiger charge is -2.17. The molecule has 0 spiro atoms. The van der Waals surface area contributed by atoms with Gasteiger partial charge in [-0.2, -0.15) is 0 Å². The van der Waals surface area contributed by atoms with Gasteiger partial charge in [0, 0.05) is 6.21 Å². The summed E-state index contributed by atoms with van der Waals surface area (Å²) in [6.45, 7) is 10.3. The summed E-state index contributed by atoms with van der Waals surface area (Å²) < 4.78 is 5.65. The third kappa shape index (κ3) is 2.31. The van der Waals surface area contributed by atoms with Gasteiger partial charge in [0.15, 0.2) is 6.23 Å². The minimum atomic E-state index is 0.0265. The maximum Gasteiger partial charge on any atom is 0.199 e. The molecule has 2 aliphatic heterocycles. The molecule has 2 nitrogen and oxygen atoms in total. The summed E-state index contributed by atoms with van der Waals surface area (Å²) in [5.41, 5.74) is 2.65. The van der Waals surface area contributed by atoms with Crippen LogP contribution in [0.2, 0.25) is 0 Å². The Kier molecular flexibility index (Phi) is 4.13. The van der Waals surface area contributed by atoms with Crippen LogP contribution in [0.5, 0.6) is 0 Å². The molecule has 2 aliphatic rings. The highest BCUT2D eigenvalue weighted by molar-refractivity contribution is 5.79. The molecular weight excluding hydrogens is 186 g/mol. The van der Waals surface area contributed by atoms with Gasteiger partial charge in [-0.3, -0.25) is 0 Å². The van der Waals surface area contributed by atoms with E-state index in [1.54, 1.807) is 0 Å². The average molecular weight is 207 g/mol. The standard InChI is InChI=1S/C11H15NO.C2H6/c1-4-9-8(3)13-11-10(9)5-7(2)6-12-11;1-2/h5-6,10-11H,4H2,1-3H3;1-2H3. The number of rotatable bonds is 1. The van der Waals surface area contributed by atoms with Crippen molar-refractivity contribution in [3.05, 3.63) is 23.0 Å². The largest absolute Gasteiger partial charge is 0.472 e. The molecule has 0 radical (unpaired) electrons. The first-order chi connectivity index (χ1) is 7.22. The van der Waals surface area contributed by atoms with Crippen LogP contribution in [0.3, 0.4) is 0 Å². The number of hydrogen-bond donors (Lipinski definition) is 0. The van der Waals surface area contributed by atoms with Crippen LogP contribution in [0.4, 0.5) is 0 Å². The van der Waals surface area contributed by atoms with Crippen molar-refractivity contribution in [2.75, 3.05) is 0 Å². The van der Waals surface area contributed by atoms with Crippen LogP contribution in [-0.2, 0) is 4.74 Å². The topological polar surface area (TPSA) is 21.6 Å². The second-order valence-corrected chi connectivity index (χ2v) is 3.66. The maximum atomic E-state index is 5.65. The molecule has 0 aromatic rings. The van der Waals surface area contributed by atoms with Crippen molar-refractivity contribution in [3.63, 3.8) is 0 Å². The molecule has 0 fully saturated rings. The van der Waals surface area contributed by atoms with Gasteiger partial charge in [0.1, 0.15) is 0 Å². The zero-order chi connectivity index (χ0) is 11.4. The van der Waals surface area contributed by atoms with Crippen molar-refractivity contribution in [2.24, 2.45) is 10.9 Å². The molecule has 0 aromatic carbocycles. The second-order valence-electron chi connectivity index (χ2n) is 3.66. The number of allylic oxidation sites excluding steroid dienone is 2. The fourth-order valence-corrected chi connectivity index (χ4v) is 2.04. The van der Waals surface area contributed by atoms with Crippen LogP contribution in [0.25, 0.3) is 0 Å². The third-order valence-electron chi connectivity index (χ3n) is 2.71. The van der Waals surface area contributed by atoms with E-state index in [1.807, 2.05) is 27.0 Å². The van der Waals surface area contributed by atoms with E-state index in [0.29, 0.717) is 5.92 Å². The minimum Gasteiger partial charge on any atom is -0.472 e. The lowest BCUT2D eigenvalue weighted by Crippen LogP contribution is -2.18. The van der Waals surface area contributed by atoms with E-state index in [9.17, 15) is 0 Å². The monoisotopic (exact) mass is 207 g/mol. The van der Waals surface area contributed by atoms with Crippen molar-refractivity contribution in [2.45, 2.75) is 47.3 Å².